The first-order valence-electron chi connectivity index (χ1n) is 7.57. The van der Waals surface area contributed by atoms with Crippen molar-refractivity contribution < 1.29 is 9.90 Å². The maximum Gasteiger partial charge on any atom is 0.253 e. The summed E-state index contributed by atoms with van der Waals surface area (Å²) in [6, 6.07) is 14.7. The van der Waals surface area contributed by atoms with Crippen molar-refractivity contribution in [3.63, 3.8) is 0 Å². The lowest BCUT2D eigenvalue weighted by atomic mass is 9.87. The van der Waals surface area contributed by atoms with E-state index < -0.39 is 6.10 Å². The molecule has 1 aliphatic carbocycles. The van der Waals surface area contributed by atoms with E-state index in [9.17, 15) is 9.90 Å². The molecule has 114 valence electrons. The Balaban J connectivity index is 1.76. The van der Waals surface area contributed by atoms with Crippen LogP contribution in [0.3, 0.4) is 0 Å². The number of benzene rings is 2. The van der Waals surface area contributed by atoms with Gasteiger partial charge in [-0.15, -0.1) is 0 Å². The molecule has 2 unspecified atom stereocenters. The minimum atomic E-state index is -1.14. The Morgan fingerprint density at radius 2 is 2.00 bits per heavy atom. The zero-order valence-corrected chi connectivity index (χ0v) is 12.3. The molecule has 0 heterocycles. The number of aliphatic hydroxyl groups is 1. The van der Waals surface area contributed by atoms with Gasteiger partial charge in [-0.3, -0.25) is 4.79 Å². The average molecular weight is 296 g/mol. The number of nitrogens with two attached hydrogens (primary N) is 1. The SMILES string of the molecule is Nc1ccc2c(c1)CCCC2NC(=O)C(O)c1ccccc1. The zero-order valence-electron chi connectivity index (χ0n) is 12.3. The van der Waals surface area contributed by atoms with Crippen LogP contribution in [0.1, 0.15) is 41.7 Å². The van der Waals surface area contributed by atoms with Crippen LogP contribution in [0.5, 0.6) is 0 Å². The minimum absolute atomic E-state index is 0.0600. The van der Waals surface area contributed by atoms with E-state index in [1.54, 1.807) is 12.1 Å². The summed E-state index contributed by atoms with van der Waals surface area (Å²) >= 11 is 0. The molecular formula is C18H20N2O2. The number of hydrogen-bond donors (Lipinski definition) is 3. The van der Waals surface area contributed by atoms with E-state index in [0.29, 0.717) is 5.56 Å². The standard InChI is InChI=1S/C18H20N2O2/c19-14-9-10-15-13(11-14)7-4-8-16(15)20-18(22)17(21)12-5-2-1-3-6-12/h1-3,5-6,9-11,16-17,21H,4,7-8,19H2,(H,20,22). The van der Waals surface area contributed by atoms with Gasteiger partial charge in [-0.25, -0.2) is 0 Å². The fraction of sp³-hybridized carbons (Fsp3) is 0.278. The van der Waals surface area contributed by atoms with Crippen molar-refractivity contribution in [1.82, 2.24) is 5.32 Å². The lowest BCUT2D eigenvalue weighted by Gasteiger charge is -2.27. The molecule has 0 aromatic heterocycles. The highest BCUT2D eigenvalue weighted by molar-refractivity contribution is 5.82. The third-order valence-electron chi connectivity index (χ3n) is 4.16. The number of aryl methyl sites for hydroxylation is 1. The molecule has 0 saturated carbocycles. The van der Waals surface area contributed by atoms with Crippen molar-refractivity contribution in [2.24, 2.45) is 0 Å². The van der Waals surface area contributed by atoms with E-state index in [4.69, 9.17) is 5.73 Å². The summed E-state index contributed by atoms with van der Waals surface area (Å²) in [6.45, 7) is 0. The topological polar surface area (TPSA) is 75.3 Å². The lowest BCUT2D eigenvalue weighted by Crippen LogP contribution is -2.34. The molecule has 3 rings (SSSR count). The first kappa shape index (κ1) is 14.6. The maximum atomic E-state index is 12.3. The van der Waals surface area contributed by atoms with Crippen LogP contribution in [0.25, 0.3) is 0 Å². The average Bonchev–Trinajstić information content (AvgIpc) is 2.55. The van der Waals surface area contributed by atoms with E-state index in [1.165, 1.54) is 5.56 Å². The summed E-state index contributed by atoms with van der Waals surface area (Å²) in [5, 5.41) is 13.1. The molecule has 4 N–H and O–H groups in total. The van der Waals surface area contributed by atoms with Gasteiger partial charge in [0.15, 0.2) is 6.10 Å². The number of carbonyl (C=O) groups is 1. The number of hydrogen-bond acceptors (Lipinski definition) is 3. The van der Waals surface area contributed by atoms with Crippen molar-refractivity contribution in [3.8, 4) is 0 Å². The summed E-state index contributed by atoms with van der Waals surface area (Å²) in [4.78, 5) is 12.3. The maximum absolute atomic E-state index is 12.3. The van der Waals surface area contributed by atoms with Gasteiger partial charge in [0, 0.05) is 5.69 Å². The summed E-state index contributed by atoms with van der Waals surface area (Å²) in [5.41, 5.74) is 9.47. The molecule has 2 aromatic rings. The van der Waals surface area contributed by atoms with Gasteiger partial charge < -0.3 is 16.2 Å². The van der Waals surface area contributed by atoms with Gasteiger partial charge in [-0.2, -0.15) is 0 Å². The molecule has 0 fully saturated rings. The number of anilines is 1. The largest absolute Gasteiger partial charge is 0.399 e. The van der Waals surface area contributed by atoms with Crippen LogP contribution >= 0.6 is 0 Å². The van der Waals surface area contributed by atoms with Crippen LogP contribution in [-0.4, -0.2) is 11.0 Å². The number of carbonyl (C=O) groups excluding carboxylic acids is 1. The van der Waals surface area contributed by atoms with E-state index in [0.717, 1.165) is 30.5 Å². The smallest absolute Gasteiger partial charge is 0.253 e. The number of amides is 1. The molecule has 4 nitrogen and oxygen atoms in total. The predicted molar refractivity (Wildman–Crippen MR) is 86.1 cm³/mol. The van der Waals surface area contributed by atoms with E-state index in [-0.39, 0.29) is 11.9 Å². The monoisotopic (exact) mass is 296 g/mol. The fourth-order valence-electron chi connectivity index (χ4n) is 3.02. The van der Waals surface area contributed by atoms with E-state index >= 15 is 0 Å². The van der Waals surface area contributed by atoms with E-state index in [1.807, 2.05) is 36.4 Å². The van der Waals surface area contributed by atoms with Gasteiger partial charge in [0.1, 0.15) is 0 Å². The first-order chi connectivity index (χ1) is 10.6. The van der Waals surface area contributed by atoms with Crippen molar-refractivity contribution in [1.29, 1.82) is 0 Å². The van der Waals surface area contributed by atoms with Crippen LogP contribution in [-0.2, 0) is 11.2 Å². The molecule has 0 radical (unpaired) electrons. The number of rotatable bonds is 3. The minimum Gasteiger partial charge on any atom is -0.399 e. The predicted octanol–water partition coefficient (Wildman–Crippen LogP) is 2.50. The number of nitrogen functional groups attached to an aromatic ring is 1. The van der Waals surface area contributed by atoms with Crippen LogP contribution in [0, 0.1) is 0 Å². The molecule has 4 heteroatoms. The molecule has 22 heavy (non-hydrogen) atoms. The molecule has 0 aliphatic heterocycles. The number of nitrogens with one attached hydrogen (secondary N) is 1. The molecule has 1 amide bonds. The molecular weight excluding hydrogens is 276 g/mol. The van der Waals surface area contributed by atoms with Crippen LogP contribution in [0.15, 0.2) is 48.5 Å². The van der Waals surface area contributed by atoms with Crippen LogP contribution in [0.2, 0.25) is 0 Å². The summed E-state index contributed by atoms with van der Waals surface area (Å²) < 4.78 is 0. The summed E-state index contributed by atoms with van der Waals surface area (Å²) in [7, 11) is 0. The Morgan fingerprint density at radius 3 is 2.77 bits per heavy atom. The summed E-state index contributed by atoms with van der Waals surface area (Å²) in [5.74, 6) is -0.360. The third-order valence-corrected chi connectivity index (χ3v) is 4.16. The molecule has 0 spiro atoms. The highest BCUT2D eigenvalue weighted by Crippen LogP contribution is 2.31. The van der Waals surface area contributed by atoms with Crippen molar-refractivity contribution in [2.45, 2.75) is 31.4 Å². The van der Waals surface area contributed by atoms with Crippen LogP contribution < -0.4 is 11.1 Å². The number of fused-ring (bicyclic) bond motifs is 1. The molecule has 0 saturated heterocycles. The Morgan fingerprint density at radius 1 is 1.23 bits per heavy atom. The molecule has 1 aliphatic rings. The Labute approximate surface area is 130 Å². The summed E-state index contributed by atoms with van der Waals surface area (Å²) in [6.07, 6.45) is 1.72. The van der Waals surface area contributed by atoms with Crippen LogP contribution in [0.4, 0.5) is 5.69 Å². The highest BCUT2D eigenvalue weighted by atomic mass is 16.3. The Hall–Kier alpha value is -2.33. The third kappa shape index (κ3) is 2.97. The number of aliphatic hydroxyl groups excluding tert-OH is 1. The Kier molecular flexibility index (Phi) is 4.11. The van der Waals surface area contributed by atoms with Gasteiger partial charge in [0.2, 0.25) is 0 Å². The van der Waals surface area contributed by atoms with Gasteiger partial charge in [-0.05, 0) is 48.1 Å². The highest BCUT2D eigenvalue weighted by Gasteiger charge is 2.25. The second-order valence-corrected chi connectivity index (χ2v) is 5.72. The van der Waals surface area contributed by atoms with Gasteiger partial charge in [0.05, 0.1) is 6.04 Å². The van der Waals surface area contributed by atoms with Gasteiger partial charge >= 0.3 is 0 Å². The van der Waals surface area contributed by atoms with Gasteiger partial charge in [-0.1, -0.05) is 36.4 Å². The normalized spacial score (nSPS) is 18.3. The Bertz CT molecular complexity index is 670. The van der Waals surface area contributed by atoms with Crippen molar-refractivity contribution in [2.75, 3.05) is 5.73 Å². The van der Waals surface area contributed by atoms with Gasteiger partial charge in [0.25, 0.3) is 5.91 Å². The second kappa shape index (κ2) is 6.20. The van der Waals surface area contributed by atoms with E-state index in [2.05, 4.69) is 5.32 Å². The zero-order chi connectivity index (χ0) is 15.5. The quantitative estimate of drug-likeness (QED) is 0.762. The fourth-order valence-corrected chi connectivity index (χ4v) is 3.02. The van der Waals surface area contributed by atoms with Crippen molar-refractivity contribution >= 4 is 11.6 Å². The lowest BCUT2D eigenvalue weighted by molar-refractivity contribution is -0.130. The van der Waals surface area contributed by atoms with Crippen molar-refractivity contribution in [3.05, 3.63) is 65.2 Å². The first-order valence-corrected chi connectivity index (χ1v) is 7.57. The molecule has 0 bridgehead atoms. The second-order valence-electron chi connectivity index (χ2n) is 5.72. The molecule has 2 atom stereocenters. The molecule has 2 aromatic carbocycles.